The molecule has 0 fully saturated rings. The van der Waals surface area contributed by atoms with Gasteiger partial charge in [-0.15, -0.1) is 5.10 Å². The number of nitrogens with zero attached hydrogens (tertiary/aromatic N) is 4. The van der Waals surface area contributed by atoms with Crippen LogP contribution in [-0.2, 0) is 4.79 Å². The summed E-state index contributed by atoms with van der Waals surface area (Å²) in [5.41, 5.74) is 2.02. The van der Waals surface area contributed by atoms with Crippen molar-refractivity contribution >= 4 is 22.8 Å². The van der Waals surface area contributed by atoms with Crippen LogP contribution in [-0.4, -0.2) is 43.5 Å². The minimum Gasteiger partial charge on any atom is -0.480 e. The number of pyridine rings is 1. The lowest BCUT2D eigenvalue weighted by Crippen LogP contribution is -2.30. The van der Waals surface area contributed by atoms with Crippen molar-refractivity contribution in [3.05, 3.63) is 47.9 Å². The molecule has 1 amide bonds. The van der Waals surface area contributed by atoms with Crippen molar-refractivity contribution in [1.82, 2.24) is 25.3 Å². The van der Waals surface area contributed by atoms with Crippen LogP contribution in [0.2, 0.25) is 0 Å². The van der Waals surface area contributed by atoms with Gasteiger partial charge in [0.15, 0.2) is 5.69 Å². The van der Waals surface area contributed by atoms with Crippen LogP contribution in [0.5, 0.6) is 0 Å². The van der Waals surface area contributed by atoms with Crippen LogP contribution >= 0.6 is 0 Å². The number of aromatic nitrogens is 4. The van der Waals surface area contributed by atoms with Gasteiger partial charge in [0.2, 0.25) is 0 Å². The van der Waals surface area contributed by atoms with Gasteiger partial charge in [0.05, 0.1) is 16.9 Å². The molecule has 1 aromatic carbocycles. The molecule has 0 bridgehead atoms. The Bertz CT molecular complexity index is 898. The molecule has 0 aliphatic heterocycles. The molecule has 0 aliphatic rings. The Morgan fingerprint density at radius 2 is 2.04 bits per heavy atom. The SMILES string of the molecule is Cc1c(C(=O)NCC(=O)O)nnn1-c1cccc2cccnc12. The van der Waals surface area contributed by atoms with E-state index in [2.05, 4.69) is 20.6 Å². The highest BCUT2D eigenvalue weighted by molar-refractivity contribution is 5.95. The summed E-state index contributed by atoms with van der Waals surface area (Å²) in [6.07, 6.45) is 1.68. The van der Waals surface area contributed by atoms with Crippen LogP contribution in [0, 0.1) is 6.92 Å². The number of carbonyl (C=O) groups excluding carboxylic acids is 1. The van der Waals surface area contributed by atoms with Crippen molar-refractivity contribution < 1.29 is 14.7 Å². The molecular weight excluding hydrogens is 298 g/mol. The van der Waals surface area contributed by atoms with Gasteiger partial charge in [0, 0.05) is 11.6 Å². The molecule has 8 heteroatoms. The lowest BCUT2D eigenvalue weighted by atomic mass is 10.2. The largest absolute Gasteiger partial charge is 0.480 e. The van der Waals surface area contributed by atoms with Gasteiger partial charge in [-0.25, -0.2) is 4.68 Å². The molecule has 2 heterocycles. The van der Waals surface area contributed by atoms with Gasteiger partial charge in [0.1, 0.15) is 6.54 Å². The highest BCUT2D eigenvalue weighted by Gasteiger charge is 2.18. The summed E-state index contributed by atoms with van der Waals surface area (Å²) in [5, 5.41) is 19.7. The molecule has 0 unspecified atom stereocenters. The molecule has 0 spiro atoms. The number of amides is 1. The van der Waals surface area contributed by atoms with Crippen molar-refractivity contribution in [2.75, 3.05) is 6.54 Å². The number of nitrogens with one attached hydrogen (secondary N) is 1. The number of aliphatic carboxylic acids is 1. The molecule has 0 saturated heterocycles. The number of para-hydroxylation sites is 1. The van der Waals surface area contributed by atoms with Crippen molar-refractivity contribution in [1.29, 1.82) is 0 Å². The molecule has 2 N–H and O–H groups in total. The van der Waals surface area contributed by atoms with Crippen molar-refractivity contribution in [3.63, 3.8) is 0 Å². The molecule has 0 saturated carbocycles. The molecule has 0 atom stereocenters. The van der Waals surface area contributed by atoms with Crippen LogP contribution in [0.15, 0.2) is 36.5 Å². The predicted octanol–water partition coefficient (Wildman–Crippen LogP) is 0.938. The lowest BCUT2D eigenvalue weighted by molar-refractivity contribution is -0.135. The molecule has 2 aromatic heterocycles. The molecular formula is C15H13N5O3. The molecule has 8 nitrogen and oxygen atoms in total. The Balaban J connectivity index is 2.01. The first-order chi connectivity index (χ1) is 11.1. The number of hydrogen-bond donors (Lipinski definition) is 2. The van der Waals surface area contributed by atoms with E-state index in [0.717, 1.165) is 10.9 Å². The minimum absolute atomic E-state index is 0.0826. The van der Waals surface area contributed by atoms with Gasteiger partial charge in [-0.2, -0.15) is 0 Å². The quantitative estimate of drug-likeness (QED) is 0.742. The van der Waals surface area contributed by atoms with E-state index < -0.39 is 18.4 Å². The van der Waals surface area contributed by atoms with E-state index in [1.54, 1.807) is 13.1 Å². The average Bonchev–Trinajstić information content (AvgIpc) is 2.93. The molecule has 23 heavy (non-hydrogen) atoms. The van der Waals surface area contributed by atoms with Crippen LogP contribution in [0.4, 0.5) is 0 Å². The third-order valence-corrected chi connectivity index (χ3v) is 3.35. The first-order valence-electron chi connectivity index (χ1n) is 6.84. The van der Waals surface area contributed by atoms with Crippen molar-refractivity contribution in [2.45, 2.75) is 6.92 Å². The summed E-state index contributed by atoms with van der Waals surface area (Å²) in [4.78, 5) is 26.8. The van der Waals surface area contributed by atoms with E-state index in [1.165, 1.54) is 4.68 Å². The van der Waals surface area contributed by atoms with Gasteiger partial charge < -0.3 is 10.4 Å². The summed E-state index contributed by atoms with van der Waals surface area (Å²) in [7, 11) is 0. The van der Waals surface area contributed by atoms with E-state index in [0.29, 0.717) is 11.4 Å². The Morgan fingerprint density at radius 1 is 1.26 bits per heavy atom. The summed E-state index contributed by atoms with van der Waals surface area (Å²) < 4.78 is 1.52. The lowest BCUT2D eigenvalue weighted by Gasteiger charge is -2.07. The molecule has 3 aromatic rings. The first kappa shape index (κ1) is 14.6. The number of benzene rings is 1. The average molecular weight is 311 g/mol. The number of carboxylic acid groups (broad SMARTS) is 1. The fourth-order valence-electron chi connectivity index (χ4n) is 2.27. The standard InChI is InChI=1S/C15H13N5O3/c1-9-13(15(23)17-8-12(21)22)18-19-20(9)11-6-2-4-10-5-3-7-16-14(10)11/h2-7H,8H2,1H3,(H,17,23)(H,21,22). The molecule has 0 aliphatic carbocycles. The van der Waals surface area contributed by atoms with Gasteiger partial charge in [-0.3, -0.25) is 14.6 Å². The third-order valence-electron chi connectivity index (χ3n) is 3.35. The minimum atomic E-state index is -1.12. The molecule has 0 radical (unpaired) electrons. The van der Waals surface area contributed by atoms with Gasteiger partial charge in [-0.05, 0) is 19.1 Å². The second-order valence-electron chi connectivity index (χ2n) is 4.86. The predicted molar refractivity (Wildman–Crippen MR) is 81.4 cm³/mol. The Hall–Kier alpha value is -3.29. The summed E-state index contributed by atoms with van der Waals surface area (Å²) in [6.45, 7) is 1.22. The van der Waals surface area contributed by atoms with Crippen LogP contribution in [0.1, 0.15) is 16.2 Å². The summed E-state index contributed by atoms with van der Waals surface area (Å²) in [6, 6.07) is 9.39. The smallest absolute Gasteiger partial charge is 0.322 e. The van der Waals surface area contributed by atoms with E-state index in [9.17, 15) is 9.59 Å². The Morgan fingerprint density at radius 3 is 2.83 bits per heavy atom. The maximum Gasteiger partial charge on any atom is 0.322 e. The topological polar surface area (TPSA) is 110 Å². The Labute approximate surface area is 130 Å². The second kappa shape index (κ2) is 5.84. The zero-order chi connectivity index (χ0) is 16.4. The molecule has 3 rings (SSSR count). The number of fused-ring (bicyclic) bond motifs is 1. The number of carboxylic acids is 1. The van der Waals surface area contributed by atoms with Gasteiger partial charge in [-0.1, -0.05) is 23.4 Å². The normalized spacial score (nSPS) is 10.7. The maximum absolute atomic E-state index is 12.0. The second-order valence-corrected chi connectivity index (χ2v) is 4.86. The van der Waals surface area contributed by atoms with E-state index in [-0.39, 0.29) is 5.69 Å². The van der Waals surface area contributed by atoms with E-state index >= 15 is 0 Å². The third kappa shape index (κ3) is 2.73. The van der Waals surface area contributed by atoms with E-state index in [1.807, 2.05) is 30.3 Å². The summed E-state index contributed by atoms with van der Waals surface area (Å²) >= 11 is 0. The monoisotopic (exact) mass is 311 g/mol. The number of carbonyl (C=O) groups is 2. The highest BCUT2D eigenvalue weighted by Crippen LogP contribution is 2.21. The van der Waals surface area contributed by atoms with Crippen LogP contribution in [0.3, 0.4) is 0 Å². The van der Waals surface area contributed by atoms with E-state index in [4.69, 9.17) is 5.11 Å². The highest BCUT2D eigenvalue weighted by atomic mass is 16.4. The summed E-state index contributed by atoms with van der Waals surface area (Å²) in [5.74, 6) is -1.70. The zero-order valence-corrected chi connectivity index (χ0v) is 12.2. The zero-order valence-electron chi connectivity index (χ0n) is 12.2. The van der Waals surface area contributed by atoms with Crippen LogP contribution in [0.25, 0.3) is 16.6 Å². The van der Waals surface area contributed by atoms with Crippen LogP contribution < -0.4 is 5.32 Å². The van der Waals surface area contributed by atoms with Crippen molar-refractivity contribution in [2.24, 2.45) is 0 Å². The fourth-order valence-corrected chi connectivity index (χ4v) is 2.27. The number of rotatable bonds is 4. The Kier molecular flexibility index (Phi) is 3.71. The fraction of sp³-hybridized carbons (Fsp3) is 0.133. The van der Waals surface area contributed by atoms with Gasteiger partial charge >= 0.3 is 5.97 Å². The number of hydrogen-bond acceptors (Lipinski definition) is 5. The molecule has 116 valence electrons. The van der Waals surface area contributed by atoms with Gasteiger partial charge in [0.25, 0.3) is 5.91 Å². The maximum atomic E-state index is 12.0. The first-order valence-corrected chi connectivity index (χ1v) is 6.84. The van der Waals surface area contributed by atoms with Crippen molar-refractivity contribution in [3.8, 4) is 5.69 Å².